The molecule has 1 aromatic heterocycles. The summed E-state index contributed by atoms with van der Waals surface area (Å²) < 4.78 is 1.62. The zero-order valence-corrected chi connectivity index (χ0v) is 14.5. The lowest BCUT2D eigenvalue weighted by molar-refractivity contribution is -0.133. The molecule has 3 rings (SSSR count). The fourth-order valence-corrected chi connectivity index (χ4v) is 2.75. The fourth-order valence-electron chi connectivity index (χ4n) is 2.75. The molecule has 0 aliphatic carbocycles. The highest BCUT2D eigenvalue weighted by molar-refractivity contribution is 5.96. The van der Waals surface area contributed by atoms with E-state index >= 15 is 0 Å². The van der Waals surface area contributed by atoms with E-state index in [2.05, 4.69) is 15.2 Å². The number of rotatable bonds is 4. The zero-order valence-electron chi connectivity index (χ0n) is 14.5. The number of likely N-dealkylation sites (N-methyl/N-ethyl adjacent to an activating group) is 2. The van der Waals surface area contributed by atoms with Gasteiger partial charge in [-0.2, -0.15) is 0 Å². The summed E-state index contributed by atoms with van der Waals surface area (Å²) in [4.78, 5) is 30.4. The molecular formula is C17H22N6O2. The third kappa shape index (κ3) is 4.03. The van der Waals surface area contributed by atoms with Crippen molar-refractivity contribution in [2.45, 2.75) is 0 Å². The summed E-state index contributed by atoms with van der Waals surface area (Å²) >= 11 is 0. The molecule has 0 N–H and O–H groups in total. The second kappa shape index (κ2) is 7.43. The highest BCUT2D eigenvalue weighted by Crippen LogP contribution is 2.10. The summed E-state index contributed by atoms with van der Waals surface area (Å²) in [6, 6.07) is 7.07. The number of carbonyl (C=O) groups excluding carboxylic acids is 2. The molecule has 1 aliphatic rings. The van der Waals surface area contributed by atoms with Gasteiger partial charge in [0.2, 0.25) is 5.91 Å². The number of amides is 2. The highest BCUT2D eigenvalue weighted by Gasteiger charge is 2.22. The molecule has 8 nitrogen and oxygen atoms in total. The maximum Gasteiger partial charge on any atom is 0.254 e. The van der Waals surface area contributed by atoms with Crippen LogP contribution in [0.4, 0.5) is 0 Å². The Morgan fingerprint density at radius 3 is 2.40 bits per heavy atom. The summed E-state index contributed by atoms with van der Waals surface area (Å²) in [6.45, 7) is 3.25. The Morgan fingerprint density at radius 1 is 1.12 bits per heavy atom. The SMILES string of the molecule is CN1CCN(C(=O)CN(C)C(=O)c2ccc(-n3ccnn3)cc2)CC1. The summed E-state index contributed by atoms with van der Waals surface area (Å²) in [5.41, 5.74) is 1.36. The third-order valence-corrected chi connectivity index (χ3v) is 4.38. The molecule has 0 bridgehead atoms. The largest absolute Gasteiger partial charge is 0.339 e. The summed E-state index contributed by atoms with van der Waals surface area (Å²) in [7, 11) is 3.70. The van der Waals surface area contributed by atoms with Gasteiger partial charge in [0.15, 0.2) is 0 Å². The van der Waals surface area contributed by atoms with Gasteiger partial charge in [0, 0.05) is 38.8 Å². The zero-order chi connectivity index (χ0) is 17.8. The predicted octanol–water partition coefficient (Wildman–Crippen LogP) is 0.113. The minimum atomic E-state index is -0.174. The Bertz CT molecular complexity index is 720. The van der Waals surface area contributed by atoms with Gasteiger partial charge in [0.05, 0.1) is 24.6 Å². The maximum absolute atomic E-state index is 12.5. The summed E-state index contributed by atoms with van der Waals surface area (Å²) in [6.07, 6.45) is 3.33. The second-order valence-electron chi connectivity index (χ2n) is 6.24. The topological polar surface area (TPSA) is 74.6 Å². The van der Waals surface area contributed by atoms with Gasteiger partial charge in [0.25, 0.3) is 5.91 Å². The van der Waals surface area contributed by atoms with Gasteiger partial charge in [-0.3, -0.25) is 9.59 Å². The van der Waals surface area contributed by atoms with Crippen molar-refractivity contribution < 1.29 is 9.59 Å². The van der Waals surface area contributed by atoms with Gasteiger partial charge < -0.3 is 14.7 Å². The molecule has 132 valence electrons. The van der Waals surface area contributed by atoms with Crippen LogP contribution < -0.4 is 0 Å². The monoisotopic (exact) mass is 342 g/mol. The average Bonchev–Trinajstić information content (AvgIpc) is 3.16. The van der Waals surface area contributed by atoms with Crippen molar-refractivity contribution in [3.05, 3.63) is 42.2 Å². The molecule has 1 aromatic carbocycles. The van der Waals surface area contributed by atoms with Crippen LogP contribution in [0.5, 0.6) is 0 Å². The quantitative estimate of drug-likeness (QED) is 0.789. The lowest BCUT2D eigenvalue weighted by atomic mass is 10.2. The number of piperazine rings is 1. The molecule has 2 heterocycles. The number of carbonyl (C=O) groups is 2. The Hall–Kier alpha value is -2.74. The van der Waals surface area contributed by atoms with Crippen molar-refractivity contribution >= 4 is 11.8 Å². The van der Waals surface area contributed by atoms with Crippen LogP contribution in [0.1, 0.15) is 10.4 Å². The molecule has 1 saturated heterocycles. The van der Waals surface area contributed by atoms with E-state index in [1.807, 2.05) is 11.9 Å². The molecule has 0 spiro atoms. The number of benzene rings is 1. The van der Waals surface area contributed by atoms with Gasteiger partial charge >= 0.3 is 0 Å². The van der Waals surface area contributed by atoms with E-state index in [0.717, 1.165) is 18.8 Å². The standard InChI is InChI=1S/C17H22N6O2/c1-20-9-11-22(12-10-20)16(24)13-21(2)17(25)14-3-5-15(6-4-14)23-8-7-18-19-23/h3-8H,9-13H2,1-2H3. The van der Waals surface area contributed by atoms with Gasteiger partial charge in [-0.25, -0.2) is 4.68 Å². The van der Waals surface area contributed by atoms with E-state index in [1.165, 1.54) is 4.90 Å². The molecule has 1 aliphatic heterocycles. The Balaban J connectivity index is 1.59. The summed E-state index contributed by atoms with van der Waals surface area (Å²) in [5, 5.41) is 7.67. The van der Waals surface area contributed by atoms with Crippen molar-refractivity contribution in [1.82, 2.24) is 29.7 Å². The maximum atomic E-state index is 12.5. The van der Waals surface area contributed by atoms with Crippen LogP contribution in [-0.4, -0.2) is 88.3 Å². The van der Waals surface area contributed by atoms with Crippen molar-refractivity contribution in [2.75, 3.05) is 46.8 Å². The second-order valence-corrected chi connectivity index (χ2v) is 6.24. The molecule has 0 radical (unpaired) electrons. The average molecular weight is 342 g/mol. The van der Waals surface area contributed by atoms with E-state index in [-0.39, 0.29) is 18.4 Å². The Morgan fingerprint density at radius 2 is 1.80 bits per heavy atom. The van der Waals surface area contributed by atoms with Crippen LogP contribution in [-0.2, 0) is 4.79 Å². The fraction of sp³-hybridized carbons (Fsp3) is 0.412. The van der Waals surface area contributed by atoms with E-state index in [0.29, 0.717) is 18.7 Å². The Kier molecular flexibility index (Phi) is 5.08. The number of hydrogen-bond acceptors (Lipinski definition) is 5. The number of nitrogens with zero attached hydrogens (tertiary/aromatic N) is 6. The van der Waals surface area contributed by atoms with Crippen molar-refractivity contribution in [3.63, 3.8) is 0 Å². The Labute approximate surface area is 146 Å². The molecule has 0 unspecified atom stereocenters. The number of aromatic nitrogens is 3. The first kappa shape index (κ1) is 17.1. The van der Waals surface area contributed by atoms with Crippen LogP contribution in [0.3, 0.4) is 0 Å². The smallest absolute Gasteiger partial charge is 0.254 e. The first-order valence-corrected chi connectivity index (χ1v) is 8.23. The van der Waals surface area contributed by atoms with Crippen LogP contribution in [0, 0.1) is 0 Å². The summed E-state index contributed by atoms with van der Waals surface area (Å²) in [5.74, 6) is -0.184. The van der Waals surface area contributed by atoms with Gasteiger partial charge in [-0.15, -0.1) is 5.10 Å². The molecular weight excluding hydrogens is 320 g/mol. The number of hydrogen-bond donors (Lipinski definition) is 0. The highest BCUT2D eigenvalue weighted by atomic mass is 16.2. The molecule has 1 fully saturated rings. The van der Waals surface area contributed by atoms with Crippen LogP contribution >= 0.6 is 0 Å². The van der Waals surface area contributed by atoms with Crippen LogP contribution in [0.2, 0.25) is 0 Å². The molecule has 8 heteroatoms. The molecule has 0 saturated carbocycles. The lowest BCUT2D eigenvalue weighted by Gasteiger charge is -2.33. The van der Waals surface area contributed by atoms with Crippen molar-refractivity contribution in [3.8, 4) is 5.69 Å². The molecule has 0 atom stereocenters. The van der Waals surface area contributed by atoms with E-state index in [1.54, 1.807) is 48.4 Å². The predicted molar refractivity (Wildman–Crippen MR) is 92.4 cm³/mol. The van der Waals surface area contributed by atoms with Gasteiger partial charge in [-0.1, -0.05) is 5.21 Å². The normalized spacial score (nSPS) is 15.2. The van der Waals surface area contributed by atoms with Crippen molar-refractivity contribution in [2.24, 2.45) is 0 Å². The van der Waals surface area contributed by atoms with Crippen molar-refractivity contribution in [1.29, 1.82) is 0 Å². The van der Waals surface area contributed by atoms with Crippen LogP contribution in [0.25, 0.3) is 5.69 Å². The third-order valence-electron chi connectivity index (χ3n) is 4.38. The molecule has 2 aromatic rings. The van der Waals surface area contributed by atoms with E-state index in [9.17, 15) is 9.59 Å². The van der Waals surface area contributed by atoms with Gasteiger partial charge in [0.1, 0.15) is 0 Å². The van der Waals surface area contributed by atoms with Crippen LogP contribution in [0.15, 0.2) is 36.7 Å². The lowest BCUT2D eigenvalue weighted by Crippen LogP contribution is -2.50. The minimum absolute atomic E-state index is 0.0109. The van der Waals surface area contributed by atoms with Gasteiger partial charge in [-0.05, 0) is 31.3 Å². The van der Waals surface area contributed by atoms with E-state index < -0.39 is 0 Å². The minimum Gasteiger partial charge on any atom is -0.339 e. The molecule has 25 heavy (non-hydrogen) atoms. The molecule has 2 amide bonds. The first-order valence-electron chi connectivity index (χ1n) is 8.23. The van der Waals surface area contributed by atoms with E-state index in [4.69, 9.17) is 0 Å². The first-order chi connectivity index (χ1) is 12.0.